The van der Waals surface area contributed by atoms with Crippen LogP contribution in [0.25, 0.3) is 0 Å². The van der Waals surface area contributed by atoms with E-state index in [1.807, 2.05) is 19.2 Å². The van der Waals surface area contributed by atoms with Crippen molar-refractivity contribution in [3.8, 4) is 0 Å². The zero-order valence-corrected chi connectivity index (χ0v) is 16.2. The second-order valence-electron chi connectivity index (χ2n) is 6.64. The van der Waals surface area contributed by atoms with E-state index in [1.54, 1.807) is 23.0 Å². The minimum Gasteiger partial charge on any atom is -0.348 e. The summed E-state index contributed by atoms with van der Waals surface area (Å²) in [4.78, 5) is 12.7. The Kier molecular flexibility index (Phi) is 6.25. The molecule has 1 fully saturated rings. The average molecular weight is 391 g/mol. The molecule has 2 N–H and O–H groups in total. The van der Waals surface area contributed by atoms with Crippen LogP contribution in [-0.2, 0) is 16.6 Å². The van der Waals surface area contributed by atoms with Gasteiger partial charge in [0.05, 0.1) is 11.4 Å². The first-order chi connectivity index (χ1) is 13.0. The Morgan fingerprint density at radius 2 is 2.15 bits per heavy atom. The smallest absolute Gasteiger partial charge is 0.251 e. The van der Waals surface area contributed by atoms with Gasteiger partial charge in [0.2, 0.25) is 10.0 Å². The Morgan fingerprint density at radius 3 is 2.93 bits per heavy atom. The molecule has 0 aliphatic carbocycles. The van der Waals surface area contributed by atoms with E-state index >= 15 is 0 Å². The Labute approximate surface area is 159 Å². The average Bonchev–Trinajstić information content (AvgIpc) is 3.00. The largest absolute Gasteiger partial charge is 0.348 e. The minimum atomic E-state index is -3.61. The first-order valence-electron chi connectivity index (χ1n) is 9.06. The molecule has 146 valence electrons. The third-order valence-electron chi connectivity index (χ3n) is 4.43. The van der Waals surface area contributed by atoms with Crippen molar-refractivity contribution >= 4 is 15.9 Å². The molecule has 27 heavy (non-hydrogen) atoms. The van der Waals surface area contributed by atoms with Crippen LogP contribution in [0.5, 0.6) is 0 Å². The van der Waals surface area contributed by atoms with E-state index in [1.165, 1.54) is 16.4 Å². The summed E-state index contributed by atoms with van der Waals surface area (Å²) in [5.74, 6) is -0.302. The van der Waals surface area contributed by atoms with Gasteiger partial charge in [-0.3, -0.25) is 9.48 Å². The molecule has 0 bridgehead atoms. The van der Waals surface area contributed by atoms with Gasteiger partial charge in [0, 0.05) is 43.6 Å². The summed E-state index contributed by atoms with van der Waals surface area (Å²) in [6.07, 6.45) is 4.28. The Morgan fingerprint density at radius 1 is 1.30 bits per heavy atom. The maximum absolute atomic E-state index is 12.9. The number of nitrogens with one attached hydrogen (secondary N) is 2. The van der Waals surface area contributed by atoms with Gasteiger partial charge < -0.3 is 10.6 Å². The first kappa shape index (κ1) is 19.5. The lowest BCUT2D eigenvalue weighted by Gasteiger charge is -2.20. The predicted molar refractivity (Wildman–Crippen MR) is 102 cm³/mol. The molecule has 0 unspecified atom stereocenters. The standard InChI is InChI=1S/C18H25N5O3S/c1-15(14-22-10-4-8-20-22)21-18(24)16-5-2-6-17(13-16)27(25,26)23-11-3-7-19-9-12-23/h2,4-6,8,10,13,15,19H,3,7,9,11-12,14H2,1H3,(H,21,24)/t15-/m1/s1. The van der Waals surface area contributed by atoms with Crippen molar-refractivity contribution in [1.82, 2.24) is 24.7 Å². The van der Waals surface area contributed by atoms with Gasteiger partial charge in [0.1, 0.15) is 0 Å². The summed E-state index contributed by atoms with van der Waals surface area (Å²) in [6, 6.07) is 7.90. The van der Waals surface area contributed by atoms with Crippen LogP contribution < -0.4 is 10.6 Å². The summed E-state index contributed by atoms with van der Waals surface area (Å²) in [5.41, 5.74) is 0.330. The van der Waals surface area contributed by atoms with Gasteiger partial charge in [0.15, 0.2) is 0 Å². The van der Waals surface area contributed by atoms with Crippen molar-refractivity contribution in [2.45, 2.75) is 30.8 Å². The number of benzene rings is 1. The van der Waals surface area contributed by atoms with E-state index in [9.17, 15) is 13.2 Å². The molecule has 0 radical (unpaired) electrons. The first-order valence-corrected chi connectivity index (χ1v) is 10.5. The summed E-state index contributed by atoms with van der Waals surface area (Å²) >= 11 is 0. The van der Waals surface area contributed by atoms with E-state index in [0.29, 0.717) is 31.7 Å². The molecule has 1 aliphatic rings. The Hall–Kier alpha value is -2.23. The maximum Gasteiger partial charge on any atom is 0.251 e. The zero-order chi connectivity index (χ0) is 19.3. The van der Waals surface area contributed by atoms with Crippen LogP contribution in [0.15, 0.2) is 47.6 Å². The van der Waals surface area contributed by atoms with E-state index in [0.717, 1.165) is 13.0 Å². The highest BCUT2D eigenvalue weighted by atomic mass is 32.2. The van der Waals surface area contributed by atoms with Crippen LogP contribution in [0.4, 0.5) is 0 Å². The lowest BCUT2D eigenvalue weighted by Crippen LogP contribution is -2.36. The molecule has 1 aliphatic heterocycles. The van der Waals surface area contributed by atoms with Crippen molar-refractivity contribution in [1.29, 1.82) is 0 Å². The Balaban J connectivity index is 1.71. The van der Waals surface area contributed by atoms with Gasteiger partial charge in [0.25, 0.3) is 5.91 Å². The molecule has 1 saturated heterocycles. The number of carbonyl (C=O) groups is 1. The highest BCUT2D eigenvalue weighted by molar-refractivity contribution is 7.89. The van der Waals surface area contributed by atoms with Crippen molar-refractivity contribution < 1.29 is 13.2 Å². The van der Waals surface area contributed by atoms with Crippen LogP contribution in [0.3, 0.4) is 0 Å². The number of aromatic nitrogens is 2. The van der Waals surface area contributed by atoms with E-state index in [-0.39, 0.29) is 16.8 Å². The van der Waals surface area contributed by atoms with Gasteiger partial charge in [-0.15, -0.1) is 0 Å². The summed E-state index contributed by atoms with van der Waals surface area (Å²) in [6.45, 7) is 4.77. The molecular weight excluding hydrogens is 366 g/mol. The SMILES string of the molecule is C[C@H](Cn1cccn1)NC(=O)c1cccc(S(=O)(=O)N2CCCNCC2)c1. The van der Waals surface area contributed by atoms with E-state index in [2.05, 4.69) is 15.7 Å². The molecule has 0 saturated carbocycles. The van der Waals surface area contributed by atoms with Crippen LogP contribution in [0.2, 0.25) is 0 Å². The van der Waals surface area contributed by atoms with Crippen molar-refractivity contribution in [3.05, 3.63) is 48.3 Å². The normalized spacial score (nSPS) is 17.2. The van der Waals surface area contributed by atoms with Crippen molar-refractivity contribution in [2.75, 3.05) is 26.2 Å². The summed E-state index contributed by atoms with van der Waals surface area (Å²) in [5, 5.41) is 10.2. The molecule has 1 amide bonds. The predicted octanol–water partition coefficient (Wildman–Crippen LogP) is 0.686. The third kappa shape index (κ3) is 4.94. The molecule has 2 aromatic rings. The second kappa shape index (κ2) is 8.64. The number of hydrogen-bond donors (Lipinski definition) is 2. The van der Waals surface area contributed by atoms with E-state index < -0.39 is 10.0 Å². The lowest BCUT2D eigenvalue weighted by molar-refractivity contribution is 0.0936. The number of nitrogens with zero attached hydrogens (tertiary/aromatic N) is 3. The summed E-state index contributed by atoms with van der Waals surface area (Å²) in [7, 11) is -3.61. The van der Waals surface area contributed by atoms with Gasteiger partial charge >= 0.3 is 0 Å². The van der Waals surface area contributed by atoms with Gasteiger partial charge in [-0.25, -0.2) is 8.42 Å². The lowest BCUT2D eigenvalue weighted by atomic mass is 10.2. The fourth-order valence-corrected chi connectivity index (χ4v) is 4.58. The monoisotopic (exact) mass is 391 g/mol. The minimum absolute atomic E-state index is 0.144. The van der Waals surface area contributed by atoms with Crippen molar-refractivity contribution in [3.63, 3.8) is 0 Å². The highest BCUT2D eigenvalue weighted by Gasteiger charge is 2.25. The van der Waals surface area contributed by atoms with E-state index in [4.69, 9.17) is 0 Å². The number of hydrogen-bond acceptors (Lipinski definition) is 5. The van der Waals surface area contributed by atoms with Crippen LogP contribution in [-0.4, -0.2) is 60.6 Å². The van der Waals surface area contributed by atoms with Crippen molar-refractivity contribution in [2.24, 2.45) is 0 Å². The maximum atomic E-state index is 12.9. The highest BCUT2D eigenvalue weighted by Crippen LogP contribution is 2.18. The number of amides is 1. The van der Waals surface area contributed by atoms with Gasteiger partial charge in [-0.2, -0.15) is 9.40 Å². The number of rotatable bonds is 6. The van der Waals surface area contributed by atoms with Crippen LogP contribution in [0.1, 0.15) is 23.7 Å². The summed E-state index contributed by atoms with van der Waals surface area (Å²) < 4.78 is 29.0. The molecule has 0 spiro atoms. The number of sulfonamides is 1. The quantitative estimate of drug-likeness (QED) is 0.755. The number of carbonyl (C=O) groups excluding carboxylic acids is 1. The fourth-order valence-electron chi connectivity index (χ4n) is 3.05. The third-order valence-corrected chi connectivity index (χ3v) is 6.33. The van der Waals surface area contributed by atoms with Crippen LogP contribution in [0, 0.1) is 0 Å². The molecule has 8 nitrogen and oxygen atoms in total. The van der Waals surface area contributed by atoms with Gasteiger partial charge in [-0.05, 0) is 44.2 Å². The molecule has 1 atom stereocenters. The fraction of sp³-hybridized carbons (Fsp3) is 0.444. The molecule has 2 heterocycles. The van der Waals surface area contributed by atoms with Crippen LogP contribution >= 0.6 is 0 Å². The van der Waals surface area contributed by atoms with Gasteiger partial charge in [-0.1, -0.05) is 6.07 Å². The zero-order valence-electron chi connectivity index (χ0n) is 15.3. The molecule has 9 heteroatoms. The topological polar surface area (TPSA) is 96.3 Å². The molecule has 3 rings (SSSR count). The Bertz CT molecular complexity index is 859. The molecular formula is C18H25N5O3S. The molecule has 1 aromatic heterocycles. The molecule has 1 aromatic carbocycles. The second-order valence-corrected chi connectivity index (χ2v) is 8.58.